The van der Waals surface area contributed by atoms with Gasteiger partial charge < -0.3 is 10.3 Å². The van der Waals surface area contributed by atoms with E-state index in [0.717, 1.165) is 16.9 Å². The topological polar surface area (TPSA) is 43.8 Å². The van der Waals surface area contributed by atoms with Gasteiger partial charge in [0.05, 0.1) is 17.1 Å². The lowest BCUT2D eigenvalue weighted by molar-refractivity contribution is 0.813. The maximum atomic E-state index is 6.00. The molecule has 5 heteroatoms. The van der Waals surface area contributed by atoms with Gasteiger partial charge in [0.1, 0.15) is 11.3 Å². The van der Waals surface area contributed by atoms with Crippen LogP contribution in [0.5, 0.6) is 0 Å². The van der Waals surface area contributed by atoms with E-state index < -0.39 is 0 Å². The van der Waals surface area contributed by atoms with Crippen LogP contribution in [0, 0.1) is 0 Å². The van der Waals surface area contributed by atoms with Gasteiger partial charge in [-0.3, -0.25) is 0 Å². The van der Waals surface area contributed by atoms with Crippen LogP contribution in [0.3, 0.4) is 0 Å². The maximum Gasteiger partial charge on any atom is 0.123 e. The highest BCUT2D eigenvalue weighted by Gasteiger charge is 2.10. The third kappa shape index (κ3) is 1.38. The van der Waals surface area contributed by atoms with E-state index >= 15 is 0 Å². The zero-order valence-corrected chi connectivity index (χ0v) is 9.10. The van der Waals surface area contributed by atoms with Gasteiger partial charge in [-0.05, 0) is 12.1 Å². The van der Waals surface area contributed by atoms with Gasteiger partial charge >= 0.3 is 0 Å². The Morgan fingerprint density at radius 1 is 1.43 bits per heavy atom. The van der Waals surface area contributed by atoms with Crippen molar-refractivity contribution in [2.24, 2.45) is 12.8 Å². The van der Waals surface area contributed by atoms with Crippen molar-refractivity contribution >= 4 is 34.2 Å². The minimum atomic E-state index is 0.388. The van der Waals surface area contributed by atoms with Gasteiger partial charge in [0.25, 0.3) is 0 Å². The smallest absolute Gasteiger partial charge is 0.123 e. The zero-order chi connectivity index (χ0) is 10.3. The van der Waals surface area contributed by atoms with Crippen LogP contribution in [0.15, 0.2) is 12.1 Å². The standard InChI is InChI=1S/C9H9Cl2N3/c1-14-7-3-5(10)2-6(11)9(7)13-8(14)4-12/h2-3H,4,12H2,1H3. The summed E-state index contributed by atoms with van der Waals surface area (Å²) < 4.78 is 1.90. The van der Waals surface area contributed by atoms with Gasteiger partial charge in [0.15, 0.2) is 0 Å². The van der Waals surface area contributed by atoms with Gasteiger partial charge in [-0.15, -0.1) is 0 Å². The van der Waals surface area contributed by atoms with Crippen molar-refractivity contribution in [2.45, 2.75) is 6.54 Å². The van der Waals surface area contributed by atoms with Crippen LogP contribution < -0.4 is 5.73 Å². The first kappa shape index (κ1) is 9.77. The Hall–Kier alpha value is -0.770. The van der Waals surface area contributed by atoms with E-state index in [9.17, 15) is 0 Å². The highest BCUT2D eigenvalue weighted by atomic mass is 35.5. The van der Waals surface area contributed by atoms with Crippen molar-refractivity contribution in [1.82, 2.24) is 9.55 Å². The van der Waals surface area contributed by atoms with E-state index in [2.05, 4.69) is 4.98 Å². The first-order chi connectivity index (χ1) is 6.63. The summed E-state index contributed by atoms with van der Waals surface area (Å²) in [6.07, 6.45) is 0. The molecule has 0 saturated carbocycles. The third-order valence-corrected chi connectivity index (χ3v) is 2.69. The van der Waals surface area contributed by atoms with Crippen LogP contribution >= 0.6 is 23.2 Å². The minimum Gasteiger partial charge on any atom is -0.330 e. The lowest BCUT2D eigenvalue weighted by atomic mass is 10.3. The number of aromatic nitrogens is 2. The average Bonchev–Trinajstić information content (AvgIpc) is 2.44. The molecule has 0 aliphatic carbocycles. The Balaban J connectivity index is 2.85. The molecule has 0 radical (unpaired) electrons. The highest BCUT2D eigenvalue weighted by Crippen LogP contribution is 2.27. The van der Waals surface area contributed by atoms with E-state index in [1.165, 1.54) is 0 Å². The number of hydrogen-bond donors (Lipinski definition) is 1. The Morgan fingerprint density at radius 3 is 2.79 bits per heavy atom. The van der Waals surface area contributed by atoms with Crippen molar-refractivity contribution in [3.05, 3.63) is 28.0 Å². The Labute approximate surface area is 91.4 Å². The number of rotatable bonds is 1. The summed E-state index contributed by atoms with van der Waals surface area (Å²) in [6, 6.07) is 3.51. The lowest BCUT2D eigenvalue weighted by Gasteiger charge is -1.99. The molecule has 1 aromatic heterocycles. The number of hydrogen-bond acceptors (Lipinski definition) is 2. The largest absolute Gasteiger partial charge is 0.330 e. The molecule has 74 valence electrons. The quantitative estimate of drug-likeness (QED) is 0.816. The predicted octanol–water partition coefficient (Wildman–Crippen LogP) is 2.34. The fourth-order valence-corrected chi connectivity index (χ4v) is 1.97. The second-order valence-corrected chi connectivity index (χ2v) is 3.89. The Kier molecular flexibility index (Phi) is 2.39. The number of imidazole rings is 1. The summed E-state index contributed by atoms with van der Waals surface area (Å²) in [4.78, 5) is 4.32. The molecule has 0 aliphatic rings. The molecule has 0 bridgehead atoms. The van der Waals surface area contributed by atoms with E-state index in [0.29, 0.717) is 16.6 Å². The van der Waals surface area contributed by atoms with Crippen molar-refractivity contribution in [3.8, 4) is 0 Å². The van der Waals surface area contributed by atoms with Gasteiger partial charge in [0.2, 0.25) is 0 Å². The molecular weight excluding hydrogens is 221 g/mol. The molecule has 3 nitrogen and oxygen atoms in total. The predicted molar refractivity (Wildman–Crippen MR) is 58.6 cm³/mol. The van der Waals surface area contributed by atoms with Crippen LogP contribution in [-0.2, 0) is 13.6 Å². The molecular formula is C9H9Cl2N3. The van der Waals surface area contributed by atoms with Crippen LogP contribution in [0.25, 0.3) is 11.0 Å². The molecule has 0 fully saturated rings. The molecule has 2 N–H and O–H groups in total. The summed E-state index contributed by atoms with van der Waals surface area (Å²) in [6.45, 7) is 0.388. The maximum absolute atomic E-state index is 6.00. The molecule has 0 spiro atoms. The number of nitrogens with two attached hydrogens (primary N) is 1. The minimum absolute atomic E-state index is 0.388. The molecule has 1 heterocycles. The summed E-state index contributed by atoms with van der Waals surface area (Å²) in [5.74, 6) is 0.796. The Bertz CT molecular complexity index is 490. The Morgan fingerprint density at radius 2 is 2.14 bits per heavy atom. The van der Waals surface area contributed by atoms with Crippen LogP contribution in [0.4, 0.5) is 0 Å². The summed E-state index contributed by atoms with van der Waals surface area (Å²) >= 11 is 11.9. The van der Waals surface area contributed by atoms with Crippen LogP contribution in [0.1, 0.15) is 5.82 Å². The number of benzene rings is 1. The average molecular weight is 230 g/mol. The van der Waals surface area contributed by atoms with Gasteiger partial charge in [-0.2, -0.15) is 0 Å². The fraction of sp³-hybridized carbons (Fsp3) is 0.222. The SMILES string of the molecule is Cn1c(CN)nc2c(Cl)cc(Cl)cc21. The first-order valence-corrected chi connectivity index (χ1v) is 4.89. The fourth-order valence-electron chi connectivity index (χ4n) is 1.44. The first-order valence-electron chi connectivity index (χ1n) is 4.14. The van der Waals surface area contributed by atoms with Gasteiger partial charge in [-0.1, -0.05) is 23.2 Å². The summed E-state index contributed by atoms with van der Waals surface area (Å²) in [5, 5.41) is 1.16. The number of aryl methyl sites for hydroxylation is 1. The van der Waals surface area contributed by atoms with E-state index in [1.807, 2.05) is 17.7 Å². The number of fused-ring (bicyclic) bond motifs is 1. The lowest BCUT2D eigenvalue weighted by Crippen LogP contribution is -2.04. The van der Waals surface area contributed by atoms with Crippen LogP contribution in [-0.4, -0.2) is 9.55 Å². The number of halogens is 2. The molecule has 0 amide bonds. The third-order valence-electron chi connectivity index (χ3n) is 2.18. The molecule has 0 atom stereocenters. The number of nitrogens with zero attached hydrogens (tertiary/aromatic N) is 2. The van der Waals surface area contributed by atoms with E-state index in [1.54, 1.807) is 6.07 Å². The molecule has 14 heavy (non-hydrogen) atoms. The van der Waals surface area contributed by atoms with Gasteiger partial charge in [-0.25, -0.2) is 4.98 Å². The van der Waals surface area contributed by atoms with Gasteiger partial charge in [0, 0.05) is 12.1 Å². The second kappa shape index (κ2) is 3.42. The highest BCUT2D eigenvalue weighted by molar-refractivity contribution is 6.38. The molecule has 0 aliphatic heterocycles. The van der Waals surface area contributed by atoms with E-state index in [-0.39, 0.29) is 0 Å². The summed E-state index contributed by atoms with van der Waals surface area (Å²) in [5.41, 5.74) is 7.20. The van der Waals surface area contributed by atoms with Crippen molar-refractivity contribution in [2.75, 3.05) is 0 Å². The zero-order valence-electron chi connectivity index (χ0n) is 7.59. The van der Waals surface area contributed by atoms with Crippen LogP contribution in [0.2, 0.25) is 10.0 Å². The molecule has 2 aromatic rings. The second-order valence-electron chi connectivity index (χ2n) is 3.05. The summed E-state index contributed by atoms with van der Waals surface area (Å²) in [7, 11) is 1.89. The molecule has 2 rings (SSSR count). The molecule has 0 saturated heterocycles. The monoisotopic (exact) mass is 229 g/mol. The van der Waals surface area contributed by atoms with Crippen molar-refractivity contribution in [3.63, 3.8) is 0 Å². The molecule has 1 aromatic carbocycles. The van der Waals surface area contributed by atoms with E-state index in [4.69, 9.17) is 28.9 Å². The van der Waals surface area contributed by atoms with Crippen molar-refractivity contribution in [1.29, 1.82) is 0 Å². The normalized spacial score (nSPS) is 11.1. The van der Waals surface area contributed by atoms with Crippen molar-refractivity contribution < 1.29 is 0 Å². The molecule has 0 unspecified atom stereocenters.